The van der Waals surface area contributed by atoms with E-state index in [1.807, 2.05) is 25.4 Å². The minimum atomic E-state index is 0. The third-order valence-corrected chi connectivity index (χ3v) is 7.40. The Morgan fingerprint density at radius 2 is 2.00 bits per heavy atom. The number of hydrogen-bond acceptors (Lipinski definition) is 5. The van der Waals surface area contributed by atoms with E-state index in [0.717, 1.165) is 51.5 Å². The standard InChI is InChI=1S/C23H40N6OS.HI/c1-5-24-23(26-19-10-13-29(14-11-19)17-21(30)27(2)3)25-16-18-8-6-12-28(4)22(18)20-9-7-15-31-20;/h7,9,15,18-19,22H,5-6,8,10-14,16-17H2,1-4H3,(H2,24,25,26);1H. The number of carbonyl (C=O) groups excluding carboxylic acids is 1. The third-order valence-electron chi connectivity index (χ3n) is 6.46. The van der Waals surface area contributed by atoms with Gasteiger partial charge in [0.15, 0.2) is 5.96 Å². The molecule has 1 amide bonds. The first-order valence-electron chi connectivity index (χ1n) is 11.7. The van der Waals surface area contributed by atoms with Gasteiger partial charge in [-0.3, -0.25) is 19.6 Å². The second-order valence-corrected chi connectivity index (χ2v) is 10.0. The molecule has 0 aromatic carbocycles. The number of halogens is 1. The van der Waals surface area contributed by atoms with Crippen molar-refractivity contribution in [3.8, 4) is 0 Å². The van der Waals surface area contributed by atoms with Crippen LogP contribution in [0.25, 0.3) is 0 Å². The number of nitrogens with one attached hydrogen (secondary N) is 2. The van der Waals surface area contributed by atoms with Crippen molar-refractivity contribution in [2.45, 2.75) is 44.7 Å². The fraction of sp³-hybridized carbons (Fsp3) is 0.739. The third kappa shape index (κ3) is 7.85. The molecule has 7 nitrogen and oxygen atoms in total. The first-order valence-corrected chi connectivity index (χ1v) is 12.6. The molecule has 2 aliphatic rings. The zero-order valence-corrected chi connectivity index (χ0v) is 23.2. The van der Waals surface area contributed by atoms with Crippen molar-refractivity contribution in [1.82, 2.24) is 25.3 Å². The lowest BCUT2D eigenvalue weighted by molar-refractivity contribution is -0.130. The number of likely N-dealkylation sites (tertiary alicyclic amines) is 2. The maximum Gasteiger partial charge on any atom is 0.236 e. The van der Waals surface area contributed by atoms with Gasteiger partial charge in [-0.2, -0.15) is 0 Å². The molecule has 1 aromatic rings. The van der Waals surface area contributed by atoms with E-state index in [4.69, 9.17) is 4.99 Å². The second kappa shape index (κ2) is 13.7. The molecule has 2 fully saturated rings. The van der Waals surface area contributed by atoms with E-state index in [9.17, 15) is 4.79 Å². The van der Waals surface area contributed by atoms with Crippen molar-refractivity contribution >= 4 is 47.2 Å². The van der Waals surface area contributed by atoms with Crippen molar-refractivity contribution in [2.75, 3.05) is 60.4 Å². The lowest BCUT2D eigenvalue weighted by Gasteiger charge is -2.38. The summed E-state index contributed by atoms with van der Waals surface area (Å²) in [7, 11) is 5.89. The molecule has 0 saturated carbocycles. The van der Waals surface area contributed by atoms with E-state index in [1.54, 1.807) is 4.90 Å². The van der Waals surface area contributed by atoms with E-state index in [-0.39, 0.29) is 29.9 Å². The Kier molecular flexibility index (Phi) is 11.7. The molecule has 32 heavy (non-hydrogen) atoms. The molecule has 0 spiro atoms. The Morgan fingerprint density at radius 3 is 2.62 bits per heavy atom. The van der Waals surface area contributed by atoms with Gasteiger partial charge < -0.3 is 15.5 Å². The van der Waals surface area contributed by atoms with Gasteiger partial charge in [-0.25, -0.2) is 0 Å². The molecule has 9 heteroatoms. The molecule has 3 heterocycles. The van der Waals surface area contributed by atoms with Crippen LogP contribution in [0.5, 0.6) is 0 Å². The highest BCUT2D eigenvalue weighted by atomic mass is 127. The minimum absolute atomic E-state index is 0. The molecule has 0 aliphatic carbocycles. The summed E-state index contributed by atoms with van der Waals surface area (Å²) < 4.78 is 0. The first kappa shape index (κ1) is 27.3. The maximum atomic E-state index is 12.0. The number of guanidine groups is 1. The second-order valence-electron chi connectivity index (χ2n) is 9.05. The van der Waals surface area contributed by atoms with Crippen LogP contribution >= 0.6 is 35.3 Å². The Bertz CT molecular complexity index is 705. The molecule has 2 unspecified atom stereocenters. The first-order chi connectivity index (χ1) is 15.0. The average molecular weight is 577 g/mol. The van der Waals surface area contributed by atoms with E-state index in [0.29, 0.717) is 24.5 Å². The summed E-state index contributed by atoms with van der Waals surface area (Å²) in [5.74, 6) is 1.66. The predicted molar refractivity (Wildman–Crippen MR) is 145 cm³/mol. The van der Waals surface area contributed by atoms with Crippen LogP contribution in [-0.4, -0.2) is 93.0 Å². The van der Waals surface area contributed by atoms with Gasteiger partial charge in [-0.1, -0.05) is 6.07 Å². The van der Waals surface area contributed by atoms with Gasteiger partial charge in [0.1, 0.15) is 0 Å². The van der Waals surface area contributed by atoms with Crippen LogP contribution in [0.15, 0.2) is 22.5 Å². The maximum absolute atomic E-state index is 12.0. The quantitative estimate of drug-likeness (QED) is 0.297. The van der Waals surface area contributed by atoms with Crippen LogP contribution in [0.1, 0.15) is 43.5 Å². The van der Waals surface area contributed by atoms with Crippen LogP contribution in [0.2, 0.25) is 0 Å². The number of piperidine rings is 2. The smallest absolute Gasteiger partial charge is 0.236 e. The number of hydrogen-bond donors (Lipinski definition) is 2. The van der Waals surface area contributed by atoms with Crippen LogP contribution in [0.3, 0.4) is 0 Å². The van der Waals surface area contributed by atoms with E-state index in [1.165, 1.54) is 17.7 Å². The molecular weight excluding hydrogens is 535 g/mol. The molecular formula is C23H41IN6OS. The number of carbonyl (C=O) groups is 1. The van der Waals surface area contributed by atoms with Crippen LogP contribution in [0.4, 0.5) is 0 Å². The monoisotopic (exact) mass is 576 g/mol. The molecule has 2 N–H and O–H groups in total. The van der Waals surface area contributed by atoms with Gasteiger partial charge in [0.05, 0.1) is 6.54 Å². The Balaban J connectivity index is 0.00000363. The number of likely N-dealkylation sites (N-methyl/N-ethyl adjacent to an activating group) is 1. The zero-order valence-electron chi connectivity index (χ0n) is 20.0. The van der Waals surface area contributed by atoms with Crippen molar-refractivity contribution in [2.24, 2.45) is 10.9 Å². The lowest BCUT2D eigenvalue weighted by Crippen LogP contribution is -2.50. The largest absolute Gasteiger partial charge is 0.357 e. The van der Waals surface area contributed by atoms with E-state index in [2.05, 4.69) is 51.9 Å². The van der Waals surface area contributed by atoms with E-state index < -0.39 is 0 Å². The number of amides is 1. The topological polar surface area (TPSA) is 63.2 Å². The number of nitrogens with zero attached hydrogens (tertiary/aromatic N) is 4. The molecule has 3 rings (SSSR count). The highest BCUT2D eigenvalue weighted by molar-refractivity contribution is 14.0. The van der Waals surface area contributed by atoms with Crippen LogP contribution < -0.4 is 10.6 Å². The van der Waals surface area contributed by atoms with Gasteiger partial charge >= 0.3 is 0 Å². The molecule has 182 valence electrons. The molecule has 1 aromatic heterocycles. The van der Waals surface area contributed by atoms with Crippen molar-refractivity contribution < 1.29 is 4.79 Å². The molecule has 2 atom stereocenters. The molecule has 0 bridgehead atoms. The van der Waals surface area contributed by atoms with Crippen LogP contribution in [0, 0.1) is 5.92 Å². The lowest BCUT2D eigenvalue weighted by atomic mass is 9.88. The molecule has 0 radical (unpaired) electrons. The molecule has 2 aliphatic heterocycles. The van der Waals surface area contributed by atoms with Crippen molar-refractivity contribution in [3.63, 3.8) is 0 Å². The van der Waals surface area contributed by atoms with Gasteiger partial charge in [0.2, 0.25) is 5.91 Å². The highest BCUT2D eigenvalue weighted by Crippen LogP contribution is 2.37. The summed E-state index contributed by atoms with van der Waals surface area (Å²) in [4.78, 5) is 24.9. The van der Waals surface area contributed by atoms with Gasteiger partial charge in [-0.05, 0) is 63.6 Å². The summed E-state index contributed by atoms with van der Waals surface area (Å²) in [6.45, 7) is 7.41. The summed E-state index contributed by atoms with van der Waals surface area (Å²) in [6.07, 6.45) is 4.55. The average Bonchev–Trinajstić information content (AvgIpc) is 3.27. The summed E-state index contributed by atoms with van der Waals surface area (Å²) in [6, 6.07) is 5.31. The SMILES string of the molecule is CCNC(=NCC1CCCN(C)C1c1cccs1)NC1CCN(CC(=O)N(C)C)CC1.I. The van der Waals surface area contributed by atoms with E-state index >= 15 is 0 Å². The zero-order chi connectivity index (χ0) is 22.2. The fourth-order valence-electron chi connectivity index (χ4n) is 4.65. The van der Waals surface area contributed by atoms with Gasteiger partial charge in [0.25, 0.3) is 0 Å². The normalized spacial score (nSPS) is 23.4. The fourth-order valence-corrected chi connectivity index (χ4v) is 5.63. The summed E-state index contributed by atoms with van der Waals surface area (Å²) >= 11 is 1.86. The minimum Gasteiger partial charge on any atom is -0.357 e. The van der Waals surface area contributed by atoms with Gasteiger partial charge in [0, 0.05) is 57.2 Å². The Labute approximate surface area is 215 Å². The molecule has 2 saturated heterocycles. The predicted octanol–water partition coefficient (Wildman–Crippen LogP) is 2.86. The van der Waals surface area contributed by atoms with Crippen molar-refractivity contribution in [3.05, 3.63) is 22.4 Å². The van der Waals surface area contributed by atoms with Crippen molar-refractivity contribution in [1.29, 1.82) is 0 Å². The number of aliphatic imine (C=N–C) groups is 1. The summed E-state index contributed by atoms with van der Waals surface area (Å²) in [5.41, 5.74) is 0. The number of rotatable bonds is 7. The highest BCUT2D eigenvalue weighted by Gasteiger charge is 2.31. The Morgan fingerprint density at radius 1 is 1.25 bits per heavy atom. The van der Waals surface area contributed by atoms with Gasteiger partial charge in [-0.15, -0.1) is 35.3 Å². The summed E-state index contributed by atoms with van der Waals surface area (Å²) in [5, 5.41) is 9.28. The number of thiophene rings is 1. The van der Waals surface area contributed by atoms with Crippen LogP contribution in [-0.2, 0) is 4.79 Å². The Hall–Kier alpha value is -0.910.